The standard InChI is InChI=1S/C26H40N4O3S/c31-26(21-28-13-11-27(12-14-28)20-22-5-2-1-3-6-22)29-15-17-30(18-16-29)34(32,33)25-10-9-23-7-4-8-24(23)19-25/h9-10,19,22H,1-8,11-18,20-21H2. The van der Waals surface area contributed by atoms with Gasteiger partial charge in [-0.05, 0) is 61.3 Å². The smallest absolute Gasteiger partial charge is 0.243 e. The molecule has 0 N–H and O–H groups in total. The van der Waals surface area contributed by atoms with Crippen molar-refractivity contribution in [1.82, 2.24) is 19.0 Å². The molecule has 0 atom stereocenters. The molecule has 0 bridgehead atoms. The molecule has 3 fully saturated rings. The zero-order valence-corrected chi connectivity index (χ0v) is 21.3. The summed E-state index contributed by atoms with van der Waals surface area (Å²) in [6, 6.07) is 5.60. The Labute approximate surface area is 205 Å². The molecule has 1 amide bonds. The summed E-state index contributed by atoms with van der Waals surface area (Å²) in [5.74, 6) is 1.00. The summed E-state index contributed by atoms with van der Waals surface area (Å²) in [4.78, 5) is 20.0. The van der Waals surface area contributed by atoms with Crippen LogP contribution in [0, 0.1) is 5.92 Å². The number of rotatable bonds is 6. The van der Waals surface area contributed by atoms with Gasteiger partial charge in [0.2, 0.25) is 15.9 Å². The van der Waals surface area contributed by atoms with Crippen LogP contribution in [0.1, 0.15) is 49.7 Å². The lowest BCUT2D eigenvalue weighted by Crippen LogP contribution is -2.54. The second-order valence-electron chi connectivity index (χ2n) is 10.6. The summed E-state index contributed by atoms with van der Waals surface area (Å²) in [7, 11) is -3.50. The molecule has 34 heavy (non-hydrogen) atoms. The molecule has 188 valence electrons. The van der Waals surface area contributed by atoms with E-state index in [4.69, 9.17) is 0 Å². The molecule has 1 aromatic rings. The molecule has 2 aliphatic carbocycles. The second-order valence-corrected chi connectivity index (χ2v) is 12.6. The minimum absolute atomic E-state index is 0.135. The average molecular weight is 489 g/mol. The maximum Gasteiger partial charge on any atom is 0.243 e. The van der Waals surface area contributed by atoms with Crippen LogP contribution in [0.2, 0.25) is 0 Å². The first-order chi connectivity index (χ1) is 16.5. The number of amides is 1. The molecular weight excluding hydrogens is 448 g/mol. The highest BCUT2D eigenvalue weighted by Gasteiger charge is 2.32. The van der Waals surface area contributed by atoms with E-state index in [2.05, 4.69) is 9.80 Å². The summed E-state index contributed by atoms with van der Waals surface area (Å²) in [6.07, 6.45) is 10.1. The summed E-state index contributed by atoms with van der Waals surface area (Å²) in [5.41, 5.74) is 2.46. The van der Waals surface area contributed by atoms with Gasteiger partial charge in [-0.15, -0.1) is 0 Å². The number of hydrogen-bond acceptors (Lipinski definition) is 5. The fourth-order valence-corrected chi connectivity index (χ4v) is 7.67. The molecule has 0 unspecified atom stereocenters. The monoisotopic (exact) mass is 488 g/mol. The third kappa shape index (κ3) is 5.50. The van der Waals surface area contributed by atoms with Crippen LogP contribution in [-0.4, -0.2) is 98.8 Å². The molecular formula is C26H40N4O3S. The predicted molar refractivity (Wildman–Crippen MR) is 133 cm³/mol. The molecule has 1 aromatic carbocycles. The number of benzene rings is 1. The van der Waals surface area contributed by atoms with Gasteiger partial charge >= 0.3 is 0 Å². The number of hydrogen-bond donors (Lipinski definition) is 0. The van der Waals surface area contributed by atoms with Gasteiger partial charge in [0.25, 0.3) is 0 Å². The minimum Gasteiger partial charge on any atom is -0.339 e. The van der Waals surface area contributed by atoms with E-state index in [1.165, 1.54) is 49.8 Å². The van der Waals surface area contributed by atoms with Gasteiger partial charge in [-0.3, -0.25) is 9.69 Å². The Bertz CT molecular complexity index is 960. The molecule has 5 rings (SSSR count). The van der Waals surface area contributed by atoms with Gasteiger partial charge in [0.15, 0.2) is 0 Å². The summed E-state index contributed by atoms with van der Waals surface area (Å²) >= 11 is 0. The normalized spacial score (nSPS) is 23.8. The van der Waals surface area contributed by atoms with Crippen molar-refractivity contribution < 1.29 is 13.2 Å². The first kappa shape index (κ1) is 24.2. The van der Waals surface area contributed by atoms with E-state index in [0.717, 1.165) is 51.4 Å². The van der Waals surface area contributed by atoms with Crippen molar-refractivity contribution in [2.24, 2.45) is 5.92 Å². The molecule has 2 heterocycles. The van der Waals surface area contributed by atoms with Gasteiger partial charge in [0.05, 0.1) is 11.4 Å². The third-order valence-corrected chi connectivity index (χ3v) is 10.3. The van der Waals surface area contributed by atoms with Crippen LogP contribution in [0.4, 0.5) is 0 Å². The Balaban J connectivity index is 1.07. The third-order valence-electron chi connectivity index (χ3n) is 8.36. The lowest BCUT2D eigenvalue weighted by molar-refractivity contribution is -0.134. The lowest BCUT2D eigenvalue weighted by Gasteiger charge is -2.38. The van der Waals surface area contributed by atoms with E-state index in [1.807, 2.05) is 17.0 Å². The number of carbonyl (C=O) groups excluding carboxylic acids is 1. The number of sulfonamides is 1. The fourth-order valence-electron chi connectivity index (χ4n) is 6.19. The van der Waals surface area contributed by atoms with E-state index in [9.17, 15) is 13.2 Å². The largest absolute Gasteiger partial charge is 0.339 e. The molecule has 8 heteroatoms. The Morgan fingerprint density at radius 1 is 0.794 bits per heavy atom. The molecule has 0 radical (unpaired) electrons. The number of piperazine rings is 2. The summed E-state index contributed by atoms with van der Waals surface area (Å²) < 4.78 is 27.9. The second kappa shape index (κ2) is 10.6. The van der Waals surface area contributed by atoms with Gasteiger partial charge in [-0.25, -0.2) is 8.42 Å². The van der Waals surface area contributed by atoms with E-state index < -0.39 is 10.0 Å². The maximum atomic E-state index is 13.2. The van der Waals surface area contributed by atoms with E-state index in [0.29, 0.717) is 37.6 Å². The number of nitrogens with zero attached hydrogens (tertiary/aromatic N) is 4. The van der Waals surface area contributed by atoms with Gasteiger partial charge < -0.3 is 9.80 Å². The van der Waals surface area contributed by atoms with Crippen molar-refractivity contribution >= 4 is 15.9 Å². The zero-order chi connectivity index (χ0) is 23.5. The Hall–Kier alpha value is -1.48. The maximum absolute atomic E-state index is 13.2. The fraction of sp³-hybridized carbons (Fsp3) is 0.731. The minimum atomic E-state index is -3.50. The van der Waals surface area contributed by atoms with Gasteiger partial charge in [-0.2, -0.15) is 4.31 Å². The molecule has 4 aliphatic rings. The molecule has 0 aromatic heterocycles. The Kier molecular flexibility index (Phi) is 7.58. The lowest BCUT2D eigenvalue weighted by atomic mass is 9.89. The molecule has 7 nitrogen and oxygen atoms in total. The summed E-state index contributed by atoms with van der Waals surface area (Å²) in [6.45, 7) is 7.39. The van der Waals surface area contributed by atoms with E-state index >= 15 is 0 Å². The van der Waals surface area contributed by atoms with Crippen molar-refractivity contribution in [3.05, 3.63) is 29.3 Å². The van der Waals surface area contributed by atoms with Crippen molar-refractivity contribution in [3.63, 3.8) is 0 Å². The molecule has 1 saturated carbocycles. The zero-order valence-electron chi connectivity index (χ0n) is 20.5. The Morgan fingerprint density at radius 2 is 1.47 bits per heavy atom. The van der Waals surface area contributed by atoms with Crippen LogP contribution in [0.3, 0.4) is 0 Å². The van der Waals surface area contributed by atoms with Crippen molar-refractivity contribution in [2.75, 3.05) is 65.4 Å². The van der Waals surface area contributed by atoms with Gasteiger partial charge in [-0.1, -0.05) is 25.3 Å². The highest BCUT2D eigenvalue weighted by molar-refractivity contribution is 7.89. The number of fused-ring (bicyclic) bond motifs is 1. The van der Waals surface area contributed by atoms with Crippen LogP contribution < -0.4 is 0 Å². The van der Waals surface area contributed by atoms with Crippen molar-refractivity contribution in [2.45, 2.75) is 56.3 Å². The highest BCUT2D eigenvalue weighted by atomic mass is 32.2. The van der Waals surface area contributed by atoms with Crippen LogP contribution >= 0.6 is 0 Å². The quantitative estimate of drug-likeness (QED) is 0.614. The van der Waals surface area contributed by atoms with E-state index in [-0.39, 0.29) is 5.91 Å². The molecule has 2 saturated heterocycles. The van der Waals surface area contributed by atoms with Gasteiger partial charge in [0, 0.05) is 58.9 Å². The Morgan fingerprint density at radius 3 is 2.21 bits per heavy atom. The number of carbonyl (C=O) groups is 1. The predicted octanol–water partition coefficient (Wildman–Crippen LogP) is 2.21. The summed E-state index contributed by atoms with van der Waals surface area (Å²) in [5, 5.41) is 0. The average Bonchev–Trinajstić information content (AvgIpc) is 3.34. The van der Waals surface area contributed by atoms with Crippen LogP contribution in [0.5, 0.6) is 0 Å². The van der Waals surface area contributed by atoms with E-state index in [1.54, 1.807) is 10.4 Å². The molecule has 2 aliphatic heterocycles. The van der Waals surface area contributed by atoms with Gasteiger partial charge in [0.1, 0.15) is 0 Å². The first-order valence-electron chi connectivity index (χ1n) is 13.3. The number of aryl methyl sites for hydroxylation is 2. The molecule has 0 spiro atoms. The SMILES string of the molecule is O=C(CN1CCN(CC2CCCCC2)CC1)N1CCN(S(=O)(=O)c2ccc3c(c2)CCC3)CC1. The highest BCUT2D eigenvalue weighted by Crippen LogP contribution is 2.27. The van der Waals surface area contributed by atoms with Crippen LogP contribution in [0.25, 0.3) is 0 Å². The van der Waals surface area contributed by atoms with Crippen molar-refractivity contribution in [3.8, 4) is 0 Å². The first-order valence-corrected chi connectivity index (χ1v) is 14.8. The van der Waals surface area contributed by atoms with Crippen molar-refractivity contribution in [1.29, 1.82) is 0 Å². The van der Waals surface area contributed by atoms with Crippen LogP contribution in [0.15, 0.2) is 23.1 Å². The van der Waals surface area contributed by atoms with Crippen LogP contribution in [-0.2, 0) is 27.7 Å². The topological polar surface area (TPSA) is 64.2 Å².